The van der Waals surface area contributed by atoms with Crippen molar-refractivity contribution in [3.63, 3.8) is 0 Å². The molecule has 2 unspecified atom stereocenters. The Morgan fingerprint density at radius 1 is 1.50 bits per heavy atom. The van der Waals surface area contributed by atoms with Gasteiger partial charge in [-0.1, -0.05) is 18.6 Å². The van der Waals surface area contributed by atoms with Gasteiger partial charge in [0.15, 0.2) is 0 Å². The van der Waals surface area contributed by atoms with Crippen molar-refractivity contribution in [3.05, 3.63) is 11.6 Å². The Hall–Kier alpha value is -0.260. The number of hydrogen-bond acceptors (Lipinski definition) is 0. The molecule has 2 rings (SSSR count). The molecule has 0 aromatic rings. The van der Waals surface area contributed by atoms with Gasteiger partial charge in [-0.2, -0.15) is 0 Å². The molecule has 0 amide bonds. The minimum absolute atomic E-state index is 0.976. The second kappa shape index (κ2) is 2.41. The van der Waals surface area contributed by atoms with E-state index in [4.69, 9.17) is 0 Å². The van der Waals surface area contributed by atoms with Crippen molar-refractivity contribution < 1.29 is 0 Å². The third-order valence-corrected chi connectivity index (χ3v) is 3.18. The first-order chi connectivity index (χ1) is 4.86. The van der Waals surface area contributed by atoms with Crippen LogP contribution in [0.15, 0.2) is 11.6 Å². The largest absolute Gasteiger partial charge is 0.0850 e. The molecule has 0 aromatic heterocycles. The highest BCUT2D eigenvalue weighted by atomic mass is 14.3. The molecule has 2 aliphatic rings. The number of allylic oxidation sites excluding steroid dienone is 2. The Balaban J connectivity index is 2.15. The summed E-state index contributed by atoms with van der Waals surface area (Å²) in [4.78, 5) is 0. The normalized spacial score (nSPS) is 39.1. The van der Waals surface area contributed by atoms with Gasteiger partial charge in [0.25, 0.3) is 0 Å². The van der Waals surface area contributed by atoms with Crippen LogP contribution in [0.25, 0.3) is 0 Å². The molecule has 1 saturated carbocycles. The van der Waals surface area contributed by atoms with Crippen molar-refractivity contribution in [2.45, 2.75) is 39.0 Å². The predicted octanol–water partition coefficient (Wildman–Crippen LogP) is 3.14. The zero-order valence-corrected chi connectivity index (χ0v) is 6.77. The summed E-state index contributed by atoms with van der Waals surface area (Å²) >= 11 is 0. The number of fused-ring (bicyclic) bond motifs is 2. The van der Waals surface area contributed by atoms with Crippen LogP contribution in [0.4, 0.5) is 0 Å². The molecule has 10 heavy (non-hydrogen) atoms. The average molecular weight is 136 g/mol. The maximum absolute atomic E-state index is 2.49. The van der Waals surface area contributed by atoms with E-state index in [2.05, 4.69) is 13.0 Å². The third-order valence-electron chi connectivity index (χ3n) is 3.18. The fourth-order valence-corrected chi connectivity index (χ4v) is 2.35. The molecule has 0 aromatic carbocycles. The van der Waals surface area contributed by atoms with Crippen LogP contribution in [0.5, 0.6) is 0 Å². The minimum atomic E-state index is 0.976. The van der Waals surface area contributed by atoms with Gasteiger partial charge in [0.2, 0.25) is 0 Å². The summed E-state index contributed by atoms with van der Waals surface area (Å²) < 4.78 is 0. The van der Waals surface area contributed by atoms with Gasteiger partial charge in [-0.25, -0.2) is 0 Å². The van der Waals surface area contributed by atoms with Crippen LogP contribution in [0.2, 0.25) is 0 Å². The van der Waals surface area contributed by atoms with E-state index in [1.54, 1.807) is 5.57 Å². The van der Waals surface area contributed by atoms with E-state index in [1.807, 2.05) is 0 Å². The molecule has 0 saturated heterocycles. The molecule has 0 heterocycles. The van der Waals surface area contributed by atoms with Crippen molar-refractivity contribution in [3.8, 4) is 0 Å². The van der Waals surface area contributed by atoms with Crippen LogP contribution in [-0.2, 0) is 0 Å². The quantitative estimate of drug-likeness (QED) is 0.449. The van der Waals surface area contributed by atoms with Crippen molar-refractivity contribution in [2.75, 3.05) is 0 Å². The average Bonchev–Trinajstić information content (AvgIpc) is 1.99. The highest BCUT2D eigenvalue weighted by Gasteiger charge is 2.25. The van der Waals surface area contributed by atoms with E-state index in [0.29, 0.717) is 0 Å². The van der Waals surface area contributed by atoms with Crippen LogP contribution >= 0.6 is 0 Å². The highest BCUT2D eigenvalue weighted by Crippen LogP contribution is 2.38. The molecule has 2 atom stereocenters. The molecule has 0 heteroatoms. The molecular formula is C10H16. The zero-order chi connectivity index (χ0) is 6.97. The molecule has 0 radical (unpaired) electrons. The zero-order valence-electron chi connectivity index (χ0n) is 6.77. The Labute approximate surface area is 63.3 Å². The van der Waals surface area contributed by atoms with Crippen LogP contribution in [0.3, 0.4) is 0 Å². The van der Waals surface area contributed by atoms with E-state index in [-0.39, 0.29) is 0 Å². The lowest BCUT2D eigenvalue weighted by molar-refractivity contribution is 0.283. The molecule has 0 N–H and O–H groups in total. The summed E-state index contributed by atoms with van der Waals surface area (Å²) in [5.74, 6) is 2.03. The summed E-state index contributed by atoms with van der Waals surface area (Å²) in [6, 6.07) is 0. The van der Waals surface area contributed by atoms with Crippen molar-refractivity contribution in [1.82, 2.24) is 0 Å². The van der Waals surface area contributed by atoms with Gasteiger partial charge in [-0.3, -0.25) is 0 Å². The Kier molecular flexibility index (Phi) is 1.55. The summed E-state index contributed by atoms with van der Waals surface area (Å²) in [5.41, 5.74) is 1.76. The Bertz CT molecular complexity index is 155. The molecule has 56 valence electrons. The van der Waals surface area contributed by atoms with E-state index in [1.165, 1.54) is 32.1 Å². The molecule has 1 fully saturated rings. The van der Waals surface area contributed by atoms with Gasteiger partial charge in [-0.15, -0.1) is 0 Å². The van der Waals surface area contributed by atoms with Gasteiger partial charge < -0.3 is 0 Å². The Morgan fingerprint density at radius 3 is 3.20 bits per heavy atom. The smallest absolute Gasteiger partial charge is 0.0289 e. The molecule has 0 nitrogen and oxygen atoms in total. The third kappa shape index (κ3) is 1.00. The predicted molar refractivity (Wildman–Crippen MR) is 43.8 cm³/mol. The van der Waals surface area contributed by atoms with E-state index >= 15 is 0 Å². The summed E-state index contributed by atoms with van der Waals surface area (Å²) in [6.07, 6.45) is 9.64. The van der Waals surface area contributed by atoms with E-state index in [9.17, 15) is 0 Å². The summed E-state index contributed by atoms with van der Waals surface area (Å²) in [7, 11) is 0. The van der Waals surface area contributed by atoms with Crippen molar-refractivity contribution >= 4 is 0 Å². The van der Waals surface area contributed by atoms with Crippen molar-refractivity contribution in [2.24, 2.45) is 11.8 Å². The summed E-state index contributed by atoms with van der Waals surface area (Å²) in [5, 5.41) is 0. The van der Waals surface area contributed by atoms with Crippen LogP contribution in [0, 0.1) is 11.8 Å². The molecule has 2 aliphatic carbocycles. The van der Waals surface area contributed by atoms with E-state index < -0.39 is 0 Å². The van der Waals surface area contributed by atoms with Crippen molar-refractivity contribution in [1.29, 1.82) is 0 Å². The standard InChI is InChI=1S/C10H16/c1-8-5-6-9-3-2-4-10(8)7-9/h6,8,10H,2-5,7H2,1H3. The molecule has 2 bridgehead atoms. The van der Waals surface area contributed by atoms with Crippen LogP contribution in [0.1, 0.15) is 39.0 Å². The van der Waals surface area contributed by atoms with Gasteiger partial charge in [0.05, 0.1) is 0 Å². The minimum Gasteiger partial charge on any atom is -0.0850 e. The molecule has 0 spiro atoms. The fourth-order valence-electron chi connectivity index (χ4n) is 2.35. The first-order valence-corrected chi connectivity index (χ1v) is 4.54. The topological polar surface area (TPSA) is 0 Å². The lowest BCUT2D eigenvalue weighted by Crippen LogP contribution is -2.20. The van der Waals surface area contributed by atoms with Gasteiger partial charge in [-0.05, 0) is 43.9 Å². The monoisotopic (exact) mass is 136 g/mol. The maximum Gasteiger partial charge on any atom is -0.0289 e. The van der Waals surface area contributed by atoms with Gasteiger partial charge in [0, 0.05) is 0 Å². The van der Waals surface area contributed by atoms with E-state index in [0.717, 1.165) is 11.8 Å². The first kappa shape index (κ1) is 6.45. The lowest BCUT2D eigenvalue weighted by Gasteiger charge is -2.33. The molecule has 0 aliphatic heterocycles. The fraction of sp³-hybridized carbons (Fsp3) is 0.800. The lowest BCUT2D eigenvalue weighted by atomic mass is 9.73. The van der Waals surface area contributed by atoms with Gasteiger partial charge >= 0.3 is 0 Å². The SMILES string of the molecule is CC1CC=C2CCCC1C2. The van der Waals surface area contributed by atoms with Crippen LogP contribution < -0.4 is 0 Å². The Morgan fingerprint density at radius 2 is 2.40 bits per heavy atom. The second-order valence-electron chi connectivity index (χ2n) is 3.93. The maximum atomic E-state index is 2.49. The van der Waals surface area contributed by atoms with Crippen LogP contribution in [-0.4, -0.2) is 0 Å². The number of hydrogen-bond donors (Lipinski definition) is 0. The second-order valence-corrected chi connectivity index (χ2v) is 3.93. The molecular weight excluding hydrogens is 120 g/mol. The highest BCUT2D eigenvalue weighted by molar-refractivity contribution is 5.10. The number of rotatable bonds is 0. The first-order valence-electron chi connectivity index (χ1n) is 4.54. The van der Waals surface area contributed by atoms with Gasteiger partial charge in [0.1, 0.15) is 0 Å². The summed E-state index contributed by atoms with van der Waals surface area (Å²) in [6.45, 7) is 2.41.